The van der Waals surface area contributed by atoms with Gasteiger partial charge in [0.25, 0.3) is 0 Å². The Labute approximate surface area is 153 Å². The van der Waals surface area contributed by atoms with E-state index in [0.29, 0.717) is 16.4 Å². The number of amides is 1. The van der Waals surface area contributed by atoms with E-state index >= 15 is 0 Å². The number of benzene rings is 2. The number of carbonyl (C=O) groups is 1. The first-order valence-electron chi connectivity index (χ1n) is 7.84. The van der Waals surface area contributed by atoms with Crippen LogP contribution in [-0.4, -0.2) is 23.0 Å². The van der Waals surface area contributed by atoms with Crippen molar-refractivity contribution in [1.82, 2.24) is 4.98 Å². The van der Waals surface area contributed by atoms with E-state index in [1.54, 1.807) is 36.7 Å². The molecule has 0 saturated heterocycles. The number of aliphatic hydroxyl groups excluding tert-OH is 1. The molecule has 1 amide bonds. The lowest BCUT2D eigenvalue weighted by Gasteiger charge is -2.14. The fourth-order valence-electron chi connectivity index (χ4n) is 2.44. The standard InChI is InChI=1S/C19H16F2N2O2S/c1-23(19-22-15(10-24)11-26-19)18(25)8-12-2-4-13(5-3-12)16-9-14(20)6-7-17(16)21/h2-7,9,11,24H,8,10H2,1H3. The first-order valence-corrected chi connectivity index (χ1v) is 8.72. The van der Waals surface area contributed by atoms with Crippen molar-refractivity contribution in [2.75, 3.05) is 11.9 Å². The Balaban J connectivity index is 1.72. The van der Waals surface area contributed by atoms with Crippen molar-refractivity contribution in [2.45, 2.75) is 13.0 Å². The Bertz CT molecular complexity index is 926. The summed E-state index contributed by atoms with van der Waals surface area (Å²) < 4.78 is 27.2. The van der Waals surface area contributed by atoms with Crippen molar-refractivity contribution in [3.05, 3.63) is 70.7 Å². The highest BCUT2D eigenvalue weighted by molar-refractivity contribution is 7.14. The Morgan fingerprint density at radius 1 is 1.19 bits per heavy atom. The van der Waals surface area contributed by atoms with E-state index in [0.717, 1.165) is 23.8 Å². The van der Waals surface area contributed by atoms with Crippen LogP contribution in [0, 0.1) is 11.6 Å². The molecule has 0 atom stereocenters. The highest BCUT2D eigenvalue weighted by atomic mass is 32.1. The quantitative estimate of drug-likeness (QED) is 0.739. The highest BCUT2D eigenvalue weighted by Gasteiger charge is 2.15. The summed E-state index contributed by atoms with van der Waals surface area (Å²) in [5, 5.41) is 11.3. The minimum Gasteiger partial charge on any atom is -0.390 e. The molecule has 134 valence electrons. The van der Waals surface area contributed by atoms with Gasteiger partial charge in [-0.15, -0.1) is 11.3 Å². The Kier molecular flexibility index (Phi) is 5.39. The molecule has 2 aromatic carbocycles. The minimum absolute atomic E-state index is 0.149. The van der Waals surface area contributed by atoms with Gasteiger partial charge in [0.1, 0.15) is 11.6 Å². The Hall–Kier alpha value is -2.64. The van der Waals surface area contributed by atoms with Crippen molar-refractivity contribution < 1.29 is 18.7 Å². The van der Waals surface area contributed by atoms with Gasteiger partial charge in [0.05, 0.1) is 18.7 Å². The molecule has 0 spiro atoms. The van der Waals surface area contributed by atoms with E-state index < -0.39 is 11.6 Å². The molecule has 0 aliphatic carbocycles. The Morgan fingerprint density at radius 2 is 1.92 bits per heavy atom. The number of rotatable bonds is 5. The second-order valence-corrected chi connectivity index (χ2v) is 6.57. The Morgan fingerprint density at radius 3 is 2.58 bits per heavy atom. The van der Waals surface area contributed by atoms with Crippen molar-refractivity contribution in [1.29, 1.82) is 0 Å². The average Bonchev–Trinajstić information content (AvgIpc) is 3.13. The number of anilines is 1. The van der Waals surface area contributed by atoms with Crippen molar-refractivity contribution in [3.63, 3.8) is 0 Å². The molecular weight excluding hydrogens is 358 g/mol. The van der Waals surface area contributed by atoms with Crippen LogP contribution < -0.4 is 4.90 Å². The van der Waals surface area contributed by atoms with Gasteiger partial charge in [0.15, 0.2) is 5.13 Å². The summed E-state index contributed by atoms with van der Waals surface area (Å²) >= 11 is 1.28. The molecule has 0 unspecified atom stereocenters. The lowest BCUT2D eigenvalue weighted by Crippen LogP contribution is -2.27. The number of aromatic nitrogens is 1. The number of hydrogen-bond donors (Lipinski definition) is 1. The number of halogens is 2. The molecular formula is C19H16F2N2O2S. The number of nitrogens with zero attached hydrogens (tertiary/aromatic N) is 2. The summed E-state index contributed by atoms with van der Waals surface area (Å²) in [7, 11) is 1.62. The van der Waals surface area contributed by atoms with Crippen LogP contribution in [0.3, 0.4) is 0 Å². The number of thiazole rings is 1. The molecule has 1 aromatic heterocycles. The summed E-state index contributed by atoms with van der Waals surface area (Å²) in [6.45, 7) is -0.170. The van der Waals surface area contributed by atoms with Gasteiger partial charge in [-0.1, -0.05) is 24.3 Å². The SMILES string of the molecule is CN(C(=O)Cc1ccc(-c2cc(F)ccc2F)cc1)c1nc(CO)cs1. The molecule has 0 radical (unpaired) electrons. The van der Waals surface area contributed by atoms with Gasteiger partial charge in [-0.25, -0.2) is 13.8 Å². The van der Waals surface area contributed by atoms with Crippen LogP contribution >= 0.6 is 11.3 Å². The second kappa shape index (κ2) is 7.72. The first kappa shape index (κ1) is 18.2. The summed E-state index contributed by atoms with van der Waals surface area (Å²) in [5.41, 5.74) is 1.99. The molecule has 0 saturated carbocycles. The van der Waals surface area contributed by atoms with E-state index in [9.17, 15) is 13.6 Å². The third-order valence-corrected chi connectivity index (χ3v) is 4.88. The van der Waals surface area contributed by atoms with Gasteiger partial charge < -0.3 is 5.11 Å². The first-order chi connectivity index (χ1) is 12.5. The van der Waals surface area contributed by atoms with Crippen LogP contribution in [0.25, 0.3) is 11.1 Å². The van der Waals surface area contributed by atoms with Crippen molar-refractivity contribution in [3.8, 4) is 11.1 Å². The van der Waals surface area contributed by atoms with Gasteiger partial charge >= 0.3 is 0 Å². The summed E-state index contributed by atoms with van der Waals surface area (Å²) in [4.78, 5) is 18.0. The second-order valence-electron chi connectivity index (χ2n) is 5.73. The fourth-order valence-corrected chi connectivity index (χ4v) is 3.24. The van der Waals surface area contributed by atoms with E-state index in [4.69, 9.17) is 5.11 Å². The zero-order valence-electron chi connectivity index (χ0n) is 13.9. The molecule has 3 rings (SSSR count). The molecule has 26 heavy (non-hydrogen) atoms. The molecule has 4 nitrogen and oxygen atoms in total. The summed E-state index contributed by atoms with van der Waals surface area (Å²) in [5.74, 6) is -1.17. The van der Waals surface area contributed by atoms with Crippen LogP contribution in [0.2, 0.25) is 0 Å². The summed E-state index contributed by atoms with van der Waals surface area (Å²) in [6, 6.07) is 10.1. The third-order valence-electron chi connectivity index (χ3n) is 3.91. The molecule has 1 N–H and O–H groups in total. The number of likely N-dealkylation sites (N-methyl/N-ethyl adjacent to an activating group) is 1. The van der Waals surface area contributed by atoms with Gasteiger partial charge in [0, 0.05) is 18.0 Å². The molecule has 0 aliphatic rings. The van der Waals surface area contributed by atoms with E-state index in [1.165, 1.54) is 16.2 Å². The van der Waals surface area contributed by atoms with Gasteiger partial charge in [0.2, 0.25) is 5.91 Å². The van der Waals surface area contributed by atoms with Gasteiger partial charge in [-0.3, -0.25) is 9.69 Å². The van der Waals surface area contributed by atoms with Crippen LogP contribution in [0.5, 0.6) is 0 Å². The summed E-state index contributed by atoms with van der Waals surface area (Å²) in [6.07, 6.45) is 0.149. The van der Waals surface area contributed by atoms with Crippen LogP contribution in [0.15, 0.2) is 47.8 Å². The lowest BCUT2D eigenvalue weighted by atomic mass is 10.0. The maximum atomic E-state index is 13.8. The zero-order valence-corrected chi connectivity index (χ0v) is 14.8. The molecule has 7 heteroatoms. The van der Waals surface area contributed by atoms with Crippen LogP contribution in [0.4, 0.5) is 13.9 Å². The number of carbonyl (C=O) groups excluding carboxylic acids is 1. The minimum atomic E-state index is -0.507. The highest BCUT2D eigenvalue weighted by Crippen LogP contribution is 2.25. The van der Waals surface area contributed by atoms with Crippen molar-refractivity contribution in [2.24, 2.45) is 0 Å². The predicted molar refractivity (Wildman–Crippen MR) is 96.9 cm³/mol. The van der Waals surface area contributed by atoms with Gasteiger partial charge in [-0.2, -0.15) is 0 Å². The maximum absolute atomic E-state index is 13.8. The maximum Gasteiger partial charge on any atom is 0.232 e. The van der Waals surface area contributed by atoms with Gasteiger partial charge in [-0.05, 0) is 29.3 Å². The van der Waals surface area contributed by atoms with E-state index in [1.807, 2.05) is 0 Å². The number of hydrogen-bond acceptors (Lipinski definition) is 4. The van der Waals surface area contributed by atoms with Crippen LogP contribution in [0.1, 0.15) is 11.3 Å². The monoisotopic (exact) mass is 374 g/mol. The lowest BCUT2D eigenvalue weighted by molar-refractivity contribution is -0.117. The predicted octanol–water partition coefficient (Wildman–Crippen LogP) is 3.79. The van der Waals surface area contributed by atoms with Crippen LogP contribution in [-0.2, 0) is 17.8 Å². The molecule has 0 fully saturated rings. The average molecular weight is 374 g/mol. The molecule has 1 heterocycles. The topological polar surface area (TPSA) is 53.4 Å². The zero-order chi connectivity index (χ0) is 18.7. The molecule has 0 bridgehead atoms. The van der Waals surface area contributed by atoms with E-state index in [-0.39, 0.29) is 24.5 Å². The fraction of sp³-hybridized carbons (Fsp3) is 0.158. The largest absolute Gasteiger partial charge is 0.390 e. The molecule has 0 aliphatic heterocycles. The number of aliphatic hydroxyl groups is 1. The van der Waals surface area contributed by atoms with Crippen molar-refractivity contribution >= 4 is 22.4 Å². The molecule has 3 aromatic rings. The normalized spacial score (nSPS) is 10.8. The van der Waals surface area contributed by atoms with E-state index in [2.05, 4.69) is 4.98 Å². The third kappa shape index (κ3) is 3.95. The smallest absolute Gasteiger partial charge is 0.232 e.